The lowest BCUT2D eigenvalue weighted by molar-refractivity contribution is 0.0639. The summed E-state index contributed by atoms with van der Waals surface area (Å²) in [5, 5.41) is 8.52. The first-order valence-electron chi connectivity index (χ1n) is 9.05. The molecule has 25 heavy (non-hydrogen) atoms. The fourth-order valence-corrected chi connectivity index (χ4v) is 3.31. The minimum absolute atomic E-state index is 0.0712. The average Bonchev–Trinajstić information content (AvgIpc) is 3.30. The maximum Gasteiger partial charge on any atom is 0.257 e. The topological polar surface area (TPSA) is 59.2 Å². The summed E-state index contributed by atoms with van der Waals surface area (Å²) in [6, 6.07) is 2.52. The summed E-state index contributed by atoms with van der Waals surface area (Å²) in [6.45, 7) is 8.09. The summed E-state index contributed by atoms with van der Waals surface area (Å²) in [4.78, 5) is 17.0. The van der Waals surface area contributed by atoms with Gasteiger partial charge < -0.3 is 9.80 Å². The molecule has 136 valence electrons. The molecule has 1 aliphatic heterocycles. The van der Waals surface area contributed by atoms with E-state index in [2.05, 4.69) is 28.9 Å². The summed E-state index contributed by atoms with van der Waals surface area (Å²) in [7, 11) is 1.92. The zero-order valence-electron chi connectivity index (χ0n) is 15.4. The molecule has 0 bridgehead atoms. The van der Waals surface area contributed by atoms with Crippen LogP contribution in [-0.2, 0) is 6.54 Å². The Morgan fingerprint density at radius 3 is 2.64 bits per heavy atom. The highest BCUT2D eigenvalue weighted by Crippen LogP contribution is 2.18. The Bertz CT molecular complexity index is 670. The highest BCUT2D eigenvalue weighted by atomic mass is 16.2. The summed E-state index contributed by atoms with van der Waals surface area (Å²) >= 11 is 0. The maximum atomic E-state index is 12.7. The van der Waals surface area contributed by atoms with Crippen LogP contribution in [0.1, 0.15) is 43.1 Å². The van der Waals surface area contributed by atoms with Gasteiger partial charge in [-0.1, -0.05) is 0 Å². The first-order chi connectivity index (χ1) is 12.0. The van der Waals surface area contributed by atoms with Crippen molar-refractivity contribution in [1.29, 1.82) is 0 Å². The van der Waals surface area contributed by atoms with E-state index in [1.807, 2.05) is 46.0 Å². The van der Waals surface area contributed by atoms with Crippen LogP contribution < -0.4 is 0 Å². The van der Waals surface area contributed by atoms with Crippen molar-refractivity contribution < 1.29 is 4.79 Å². The SMILES string of the molecule is CC(C)n1cc(C(=O)N(C)C2CCN(CCn3cccn3)CC2)cn1. The molecule has 0 radical (unpaired) electrons. The Balaban J connectivity index is 1.48. The van der Waals surface area contributed by atoms with E-state index < -0.39 is 0 Å². The summed E-state index contributed by atoms with van der Waals surface area (Å²) in [6.07, 6.45) is 9.37. The number of piperidine rings is 1. The largest absolute Gasteiger partial charge is 0.339 e. The Morgan fingerprint density at radius 2 is 2.04 bits per heavy atom. The van der Waals surface area contributed by atoms with Crippen LogP contribution in [-0.4, -0.2) is 68.0 Å². The molecule has 1 fully saturated rings. The second kappa shape index (κ2) is 7.82. The lowest BCUT2D eigenvalue weighted by Crippen LogP contribution is -2.46. The number of carbonyl (C=O) groups excluding carboxylic acids is 1. The van der Waals surface area contributed by atoms with Crippen LogP contribution in [0.25, 0.3) is 0 Å². The Kier molecular flexibility index (Phi) is 5.53. The van der Waals surface area contributed by atoms with Gasteiger partial charge in [-0.15, -0.1) is 0 Å². The third-order valence-corrected chi connectivity index (χ3v) is 5.01. The summed E-state index contributed by atoms with van der Waals surface area (Å²) in [5.74, 6) is 0.0712. The number of hydrogen-bond donors (Lipinski definition) is 0. The molecular formula is C18H28N6O. The van der Waals surface area contributed by atoms with Gasteiger partial charge in [0.15, 0.2) is 0 Å². The van der Waals surface area contributed by atoms with Gasteiger partial charge in [0.2, 0.25) is 0 Å². The van der Waals surface area contributed by atoms with Crippen molar-refractivity contribution in [1.82, 2.24) is 29.4 Å². The highest BCUT2D eigenvalue weighted by molar-refractivity contribution is 5.93. The summed E-state index contributed by atoms with van der Waals surface area (Å²) in [5.41, 5.74) is 0.678. The van der Waals surface area contributed by atoms with Crippen LogP contribution in [0, 0.1) is 0 Å². The van der Waals surface area contributed by atoms with Gasteiger partial charge in [-0.2, -0.15) is 10.2 Å². The molecule has 0 aromatic carbocycles. The fraction of sp³-hybridized carbons (Fsp3) is 0.611. The molecule has 1 saturated heterocycles. The van der Waals surface area contributed by atoms with Gasteiger partial charge in [0, 0.05) is 57.4 Å². The fourth-order valence-electron chi connectivity index (χ4n) is 3.31. The zero-order chi connectivity index (χ0) is 17.8. The van der Waals surface area contributed by atoms with Crippen molar-refractivity contribution in [3.8, 4) is 0 Å². The van der Waals surface area contributed by atoms with Crippen LogP contribution in [0.3, 0.4) is 0 Å². The first kappa shape index (κ1) is 17.7. The molecule has 0 unspecified atom stereocenters. The van der Waals surface area contributed by atoms with E-state index in [-0.39, 0.29) is 11.9 Å². The maximum absolute atomic E-state index is 12.7. The molecule has 0 spiro atoms. The molecule has 0 N–H and O–H groups in total. The van der Waals surface area contributed by atoms with E-state index in [9.17, 15) is 4.79 Å². The van der Waals surface area contributed by atoms with Crippen molar-refractivity contribution in [2.45, 2.75) is 45.3 Å². The predicted molar refractivity (Wildman–Crippen MR) is 96.4 cm³/mol. The number of amides is 1. The van der Waals surface area contributed by atoms with Gasteiger partial charge >= 0.3 is 0 Å². The number of aromatic nitrogens is 4. The van der Waals surface area contributed by atoms with Crippen molar-refractivity contribution >= 4 is 5.91 Å². The van der Waals surface area contributed by atoms with E-state index in [0.29, 0.717) is 11.6 Å². The third-order valence-electron chi connectivity index (χ3n) is 5.01. The van der Waals surface area contributed by atoms with Crippen LogP contribution in [0.15, 0.2) is 30.9 Å². The number of hydrogen-bond acceptors (Lipinski definition) is 4. The standard InChI is InChI=1S/C18H28N6O/c1-15(2)24-14-16(13-20-24)18(25)21(3)17-5-9-22(10-6-17)11-12-23-8-4-7-19-23/h4,7-8,13-15,17H,5-6,9-12H2,1-3H3. The van der Waals surface area contributed by atoms with E-state index in [0.717, 1.165) is 39.0 Å². The van der Waals surface area contributed by atoms with Crippen LogP contribution in [0.4, 0.5) is 0 Å². The molecule has 7 heteroatoms. The molecule has 0 aliphatic carbocycles. The number of likely N-dealkylation sites (tertiary alicyclic amines) is 1. The molecule has 1 amide bonds. The lowest BCUT2D eigenvalue weighted by atomic mass is 10.0. The second-order valence-corrected chi connectivity index (χ2v) is 7.06. The molecule has 3 heterocycles. The van der Waals surface area contributed by atoms with Gasteiger partial charge in [0.05, 0.1) is 18.3 Å². The molecule has 3 rings (SSSR count). The van der Waals surface area contributed by atoms with E-state index in [1.165, 1.54) is 0 Å². The Hall–Kier alpha value is -2.15. The zero-order valence-corrected chi connectivity index (χ0v) is 15.4. The monoisotopic (exact) mass is 344 g/mol. The average molecular weight is 344 g/mol. The normalized spacial score (nSPS) is 16.5. The summed E-state index contributed by atoms with van der Waals surface area (Å²) < 4.78 is 3.80. The first-order valence-corrected chi connectivity index (χ1v) is 9.05. The van der Waals surface area contributed by atoms with Gasteiger partial charge in [0.1, 0.15) is 0 Å². The minimum Gasteiger partial charge on any atom is -0.339 e. The molecule has 2 aromatic rings. The van der Waals surface area contributed by atoms with E-state index >= 15 is 0 Å². The molecule has 0 atom stereocenters. The van der Waals surface area contributed by atoms with Crippen molar-refractivity contribution in [2.75, 3.05) is 26.7 Å². The van der Waals surface area contributed by atoms with Gasteiger partial charge in [-0.25, -0.2) is 0 Å². The van der Waals surface area contributed by atoms with E-state index in [4.69, 9.17) is 0 Å². The van der Waals surface area contributed by atoms with Crippen LogP contribution >= 0.6 is 0 Å². The van der Waals surface area contributed by atoms with Crippen LogP contribution in [0.2, 0.25) is 0 Å². The Labute approximate surface area is 149 Å². The van der Waals surface area contributed by atoms with Crippen molar-refractivity contribution in [3.05, 3.63) is 36.4 Å². The second-order valence-electron chi connectivity index (χ2n) is 7.06. The smallest absolute Gasteiger partial charge is 0.257 e. The number of nitrogens with zero attached hydrogens (tertiary/aromatic N) is 6. The van der Waals surface area contributed by atoms with Crippen molar-refractivity contribution in [3.63, 3.8) is 0 Å². The molecule has 7 nitrogen and oxygen atoms in total. The lowest BCUT2D eigenvalue weighted by Gasteiger charge is -2.36. The molecule has 0 saturated carbocycles. The Morgan fingerprint density at radius 1 is 1.28 bits per heavy atom. The molecular weight excluding hydrogens is 316 g/mol. The third kappa shape index (κ3) is 4.28. The van der Waals surface area contributed by atoms with Gasteiger partial charge in [-0.3, -0.25) is 14.2 Å². The number of carbonyl (C=O) groups is 1. The highest BCUT2D eigenvalue weighted by Gasteiger charge is 2.26. The predicted octanol–water partition coefficient (Wildman–Crippen LogP) is 1.90. The minimum atomic E-state index is 0.0712. The quantitative estimate of drug-likeness (QED) is 0.803. The number of rotatable bonds is 6. The molecule has 2 aromatic heterocycles. The molecule has 1 aliphatic rings. The van der Waals surface area contributed by atoms with Crippen molar-refractivity contribution in [2.24, 2.45) is 0 Å². The van der Waals surface area contributed by atoms with Crippen LogP contribution in [0.5, 0.6) is 0 Å². The van der Waals surface area contributed by atoms with E-state index in [1.54, 1.807) is 6.20 Å². The van der Waals surface area contributed by atoms with Gasteiger partial charge in [0.25, 0.3) is 5.91 Å². The van der Waals surface area contributed by atoms with Gasteiger partial charge in [-0.05, 0) is 32.8 Å².